The van der Waals surface area contributed by atoms with Crippen LogP contribution in [0.2, 0.25) is 0 Å². The van der Waals surface area contributed by atoms with Gasteiger partial charge in [0.25, 0.3) is 5.91 Å². The zero-order valence-electron chi connectivity index (χ0n) is 13.1. The molecule has 0 aliphatic carbocycles. The Balaban J connectivity index is 1.87. The van der Waals surface area contributed by atoms with Crippen molar-refractivity contribution < 1.29 is 14.3 Å². The predicted octanol–water partition coefficient (Wildman–Crippen LogP) is 3.03. The number of hydrogen-bond donors (Lipinski definition) is 1. The highest BCUT2D eigenvalue weighted by Crippen LogP contribution is 2.16. The molecule has 1 aromatic rings. The molecule has 1 atom stereocenters. The molecule has 1 aliphatic rings. The fourth-order valence-electron chi connectivity index (χ4n) is 2.24. The van der Waals surface area contributed by atoms with Crippen molar-refractivity contribution in [2.75, 3.05) is 13.1 Å². The van der Waals surface area contributed by atoms with E-state index in [4.69, 9.17) is 4.74 Å². The van der Waals surface area contributed by atoms with Crippen LogP contribution >= 0.6 is 22.6 Å². The summed E-state index contributed by atoms with van der Waals surface area (Å²) in [7, 11) is 0. The van der Waals surface area contributed by atoms with E-state index in [1.807, 2.05) is 32.9 Å². The number of nitrogens with one attached hydrogen (secondary N) is 1. The van der Waals surface area contributed by atoms with E-state index in [1.165, 1.54) is 0 Å². The molecule has 1 N–H and O–H groups in total. The Morgan fingerprint density at radius 1 is 1.27 bits per heavy atom. The molecular formula is C16H21IN2O3. The summed E-state index contributed by atoms with van der Waals surface area (Å²) in [5.74, 6) is -0.104. The second-order valence-corrected chi connectivity index (χ2v) is 7.64. The van der Waals surface area contributed by atoms with Gasteiger partial charge in [0.15, 0.2) is 0 Å². The van der Waals surface area contributed by atoms with Crippen LogP contribution in [-0.4, -0.2) is 41.6 Å². The maximum atomic E-state index is 12.2. The van der Waals surface area contributed by atoms with E-state index in [2.05, 4.69) is 27.9 Å². The lowest BCUT2D eigenvalue weighted by Crippen LogP contribution is -2.40. The zero-order chi connectivity index (χ0) is 16.3. The minimum atomic E-state index is -0.500. The maximum absolute atomic E-state index is 12.2. The van der Waals surface area contributed by atoms with Crippen molar-refractivity contribution in [2.45, 2.75) is 38.8 Å². The van der Waals surface area contributed by atoms with E-state index >= 15 is 0 Å². The Morgan fingerprint density at radius 3 is 2.50 bits per heavy atom. The highest BCUT2D eigenvalue weighted by Gasteiger charge is 2.30. The molecule has 0 radical (unpaired) electrons. The first-order valence-corrected chi connectivity index (χ1v) is 8.37. The summed E-state index contributed by atoms with van der Waals surface area (Å²) < 4.78 is 6.44. The van der Waals surface area contributed by atoms with Gasteiger partial charge in [-0.25, -0.2) is 4.79 Å². The average molecular weight is 416 g/mol. The van der Waals surface area contributed by atoms with E-state index in [-0.39, 0.29) is 18.0 Å². The van der Waals surface area contributed by atoms with Gasteiger partial charge in [0.1, 0.15) is 5.60 Å². The molecule has 0 bridgehead atoms. The molecule has 6 heteroatoms. The number of nitrogens with zero attached hydrogens (tertiary/aromatic N) is 1. The Kier molecular flexibility index (Phi) is 5.31. The lowest BCUT2D eigenvalue weighted by Gasteiger charge is -2.24. The number of carbonyl (C=O) groups is 2. The number of likely N-dealkylation sites (tertiary alicyclic amines) is 1. The van der Waals surface area contributed by atoms with Gasteiger partial charge in [0, 0.05) is 28.3 Å². The molecule has 2 rings (SSSR count). The fourth-order valence-corrected chi connectivity index (χ4v) is 2.60. The highest BCUT2D eigenvalue weighted by atomic mass is 127. The SMILES string of the molecule is CC(C)(C)OC(=O)N1CCC(NC(=O)c2ccc(I)cc2)C1. The van der Waals surface area contributed by atoms with Crippen molar-refractivity contribution in [3.63, 3.8) is 0 Å². The lowest BCUT2D eigenvalue weighted by atomic mass is 10.2. The Labute approximate surface area is 144 Å². The van der Waals surface area contributed by atoms with E-state index in [0.29, 0.717) is 18.7 Å². The minimum absolute atomic E-state index is 0.0284. The number of rotatable bonds is 2. The van der Waals surface area contributed by atoms with Gasteiger partial charge in [0.2, 0.25) is 0 Å². The molecule has 1 unspecified atom stereocenters. The quantitative estimate of drug-likeness (QED) is 0.755. The first-order valence-electron chi connectivity index (χ1n) is 7.29. The first-order chi connectivity index (χ1) is 10.2. The fraction of sp³-hybridized carbons (Fsp3) is 0.500. The molecule has 0 spiro atoms. The Morgan fingerprint density at radius 2 is 1.91 bits per heavy atom. The summed E-state index contributed by atoms with van der Waals surface area (Å²) in [5.41, 5.74) is 0.135. The second-order valence-electron chi connectivity index (χ2n) is 6.39. The van der Waals surface area contributed by atoms with Crippen molar-refractivity contribution in [2.24, 2.45) is 0 Å². The third-order valence-electron chi connectivity index (χ3n) is 3.28. The summed E-state index contributed by atoms with van der Waals surface area (Å²) in [5, 5.41) is 2.97. The first kappa shape index (κ1) is 17.1. The van der Waals surface area contributed by atoms with Gasteiger partial charge in [-0.2, -0.15) is 0 Å². The molecule has 0 aromatic heterocycles. The van der Waals surface area contributed by atoms with E-state index < -0.39 is 5.60 Å². The van der Waals surface area contributed by atoms with Crippen LogP contribution in [0.1, 0.15) is 37.6 Å². The smallest absolute Gasteiger partial charge is 0.410 e. The normalized spacial score (nSPS) is 18.2. The number of amides is 2. The molecule has 1 heterocycles. The summed E-state index contributed by atoms with van der Waals surface area (Å²) in [4.78, 5) is 25.8. The van der Waals surface area contributed by atoms with E-state index in [9.17, 15) is 9.59 Å². The largest absolute Gasteiger partial charge is 0.444 e. The van der Waals surface area contributed by atoms with Gasteiger partial charge in [-0.15, -0.1) is 0 Å². The van der Waals surface area contributed by atoms with Crippen LogP contribution in [0.5, 0.6) is 0 Å². The maximum Gasteiger partial charge on any atom is 0.410 e. The van der Waals surface area contributed by atoms with Crippen LogP contribution < -0.4 is 5.32 Å². The van der Waals surface area contributed by atoms with Gasteiger partial charge < -0.3 is 15.0 Å². The third kappa shape index (κ3) is 4.86. The number of hydrogen-bond acceptors (Lipinski definition) is 3. The molecule has 5 nitrogen and oxygen atoms in total. The topological polar surface area (TPSA) is 58.6 Å². The van der Waals surface area contributed by atoms with Gasteiger partial charge in [-0.1, -0.05) is 0 Å². The average Bonchev–Trinajstić information content (AvgIpc) is 2.86. The van der Waals surface area contributed by atoms with Crippen molar-refractivity contribution in [1.82, 2.24) is 10.2 Å². The monoisotopic (exact) mass is 416 g/mol. The summed E-state index contributed by atoms with van der Waals surface area (Å²) in [6.45, 7) is 6.63. The van der Waals surface area contributed by atoms with Gasteiger partial charge in [-0.3, -0.25) is 4.79 Å². The predicted molar refractivity (Wildman–Crippen MR) is 92.8 cm³/mol. The van der Waals surface area contributed by atoms with Crippen molar-refractivity contribution >= 4 is 34.6 Å². The van der Waals surface area contributed by atoms with Crippen LogP contribution in [0.15, 0.2) is 24.3 Å². The number of carbonyl (C=O) groups excluding carboxylic acids is 2. The van der Waals surface area contributed by atoms with Crippen molar-refractivity contribution in [1.29, 1.82) is 0 Å². The molecule has 1 saturated heterocycles. The Hall–Kier alpha value is -1.31. The van der Waals surface area contributed by atoms with Gasteiger partial charge >= 0.3 is 6.09 Å². The summed E-state index contributed by atoms with van der Waals surface area (Å²) in [6.07, 6.45) is 0.425. The third-order valence-corrected chi connectivity index (χ3v) is 4.00. The van der Waals surface area contributed by atoms with E-state index in [0.717, 1.165) is 9.99 Å². The lowest BCUT2D eigenvalue weighted by molar-refractivity contribution is 0.0290. The molecule has 22 heavy (non-hydrogen) atoms. The minimum Gasteiger partial charge on any atom is -0.444 e. The summed E-state index contributed by atoms with van der Waals surface area (Å²) >= 11 is 2.20. The molecule has 1 aliphatic heterocycles. The van der Waals surface area contributed by atoms with Gasteiger partial charge in [0.05, 0.1) is 0 Å². The molecular weight excluding hydrogens is 395 g/mol. The molecule has 1 fully saturated rings. The van der Waals surface area contributed by atoms with Crippen LogP contribution in [0.3, 0.4) is 0 Å². The van der Waals surface area contributed by atoms with Crippen LogP contribution in [0.25, 0.3) is 0 Å². The zero-order valence-corrected chi connectivity index (χ0v) is 15.2. The number of benzene rings is 1. The molecule has 0 saturated carbocycles. The van der Waals surface area contributed by atoms with Crippen molar-refractivity contribution in [3.8, 4) is 0 Å². The molecule has 1 aromatic carbocycles. The van der Waals surface area contributed by atoms with Crippen LogP contribution in [0, 0.1) is 3.57 Å². The number of halogens is 1. The second kappa shape index (κ2) is 6.85. The molecule has 2 amide bonds. The standard InChI is InChI=1S/C16H21IN2O3/c1-16(2,3)22-15(21)19-9-8-13(10-19)18-14(20)11-4-6-12(17)7-5-11/h4-7,13H,8-10H2,1-3H3,(H,18,20). The summed E-state index contributed by atoms with van der Waals surface area (Å²) in [6, 6.07) is 7.38. The van der Waals surface area contributed by atoms with E-state index in [1.54, 1.807) is 17.0 Å². The molecule has 120 valence electrons. The number of ether oxygens (including phenoxy) is 1. The Bertz CT molecular complexity index is 552. The van der Waals surface area contributed by atoms with Crippen molar-refractivity contribution in [3.05, 3.63) is 33.4 Å². The van der Waals surface area contributed by atoms with Gasteiger partial charge in [-0.05, 0) is 74.0 Å². The van der Waals surface area contributed by atoms with Crippen LogP contribution in [0.4, 0.5) is 4.79 Å². The highest BCUT2D eigenvalue weighted by molar-refractivity contribution is 14.1. The van der Waals surface area contributed by atoms with Crippen LogP contribution in [-0.2, 0) is 4.74 Å².